The fourth-order valence-corrected chi connectivity index (χ4v) is 0.620. The van der Waals surface area contributed by atoms with E-state index in [4.69, 9.17) is 9.84 Å². The van der Waals surface area contributed by atoms with Crippen molar-refractivity contribution in [2.45, 2.75) is 13.0 Å². The topological polar surface area (TPSA) is 85.2 Å². The highest BCUT2D eigenvalue weighted by Gasteiger charge is 2.06. The Bertz CT molecular complexity index is 204. The lowest BCUT2D eigenvalue weighted by atomic mass is 10.4. The third-order valence-corrected chi connectivity index (χ3v) is 1.20. The van der Waals surface area contributed by atoms with Crippen LogP contribution in [0.4, 0.5) is 0 Å². The van der Waals surface area contributed by atoms with Crippen LogP contribution in [0.15, 0.2) is 17.5 Å². The van der Waals surface area contributed by atoms with E-state index in [2.05, 4.69) is 9.91 Å². The maximum absolute atomic E-state index is 10.7. The van der Waals surface area contributed by atoms with Crippen molar-refractivity contribution in [2.75, 3.05) is 19.8 Å². The van der Waals surface area contributed by atoms with E-state index in [0.717, 1.165) is 12.3 Å². The molecule has 0 fully saturated rings. The smallest absolute Gasteiger partial charge is 0.332 e. The molecule has 0 amide bonds. The molecule has 0 aromatic rings. The maximum Gasteiger partial charge on any atom is 0.332 e. The number of nitroso groups, excluding NO2 is 1. The van der Waals surface area contributed by atoms with E-state index in [0.29, 0.717) is 6.61 Å². The molecule has 0 radical (unpaired) electrons. The minimum absolute atomic E-state index is 0.111. The molecule has 6 heteroatoms. The summed E-state index contributed by atoms with van der Waals surface area (Å²) in [6.45, 7) is 2.22. The number of aliphatic hydroxyl groups is 1. The van der Waals surface area contributed by atoms with Crippen molar-refractivity contribution in [3.8, 4) is 0 Å². The van der Waals surface area contributed by atoms with Gasteiger partial charge in [-0.2, -0.15) is 0 Å². The summed E-state index contributed by atoms with van der Waals surface area (Å²) in [4.78, 5) is 20.3. The average Bonchev–Trinajstić information content (AvgIpc) is 2.20. The molecule has 0 aliphatic heterocycles. The van der Waals surface area contributed by atoms with E-state index in [1.807, 2.05) is 0 Å². The largest absolute Gasteiger partial charge is 0.460 e. The van der Waals surface area contributed by atoms with Crippen molar-refractivity contribution >= 4 is 5.97 Å². The van der Waals surface area contributed by atoms with Gasteiger partial charge >= 0.3 is 5.97 Å². The number of hydrogen-bond donors (Lipinski definition) is 1. The molecule has 0 aliphatic carbocycles. The van der Waals surface area contributed by atoms with Crippen LogP contribution in [0, 0.1) is 4.91 Å². The van der Waals surface area contributed by atoms with Gasteiger partial charge in [-0.1, -0.05) is 0 Å². The molecule has 0 aliphatic rings. The summed E-state index contributed by atoms with van der Waals surface area (Å²) in [6, 6.07) is 0. The van der Waals surface area contributed by atoms with Gasteiger partial charge in [0.15, 0.2) is 0 Å². The Kier molecular flexibility index (Phi) is 7.58. The number of ether oxygens (including phenoxy) is 2. The highest BCUT2D eigenvalue weighted by molar-refractivity contribution is 5.81. The van der Waals surface area contributed by atoms with Crippen LogP contribution in [0.2, 0.25) is 0 Å². The van der Waals surface area contributed by atoms with Crippen molar-refractivity contribution in [3.05, 3.63) is 17.2 Å². The Morgan fingerprint density at radius 3 is 2.86 bits per heavy atom. The summed E-state index contributed by atoms with van der Waals surface area (Å²) in [7, 11) is 0. The van der Waals surface area contributed by atoms with Crippen molar-refractivity contribution in [3.63, 3.8) is 0 Å². The number of aliphatic hydroxyl groups excluding tert-OH is 1. The summed E-state index contributed by atoms with van der Waals surface area (Å²) in [5.74, 6) is -0.722. The van der Waals surface area contributed by atoms with Gasteiger partial charge in [-0.15, -0.1) is 4.91 Å². The first-order valence-electron chi connectivity index (χ1n) is 4.12. The molecular formula is C8H13NO5. The van der Waals surface area contributed by atoms with Gasteiger partial charge in [0.25, 0.3) is 0 Å². The minimum Gasteiger partial charge on any atom is -0.460 e. The summed E-state index contributed by atoms with van der Waals surface area (Å²) in [6.07, 6.45) is 0.800. The van der Waals surface area contributed by atoms with Crippen molar-refractivity contribution in [1.82, 2.24) is 0 Å². The van der Waals surface area contributed by atoms with E-state index in [-0.39, 0.29) is 13.2 Å². The van der Waals surface area contributed by atoms with Gasteiger partial charge in [0.05, 0.1) is 12.8 Å². The van der Waals surface area contributed by atoms with Crippen molar-refractivity contribution in [2.24, 2.45) is 5.18 Å². The molecule has 1 unspecified atom stereocenters. The Labute approximate surface area is 81.5 Å². The number of carbonyl (C=O) groups excluding carboxylic acids is 1. The van der Waals surface area contributed by atoms with Crippen molar-refractivity contribution < 1.29 is 19.4 Å². The van der Waals surface area contributed by atoms with Crippen LogP contribution in [0.1, 0.15) is 6.92 Å². The van der Waals surface area contributed by atoms with Gasteiger partial charge in [-0.3, -0.25) is 0 Å². The van der Waals surface area contributed by atoms with E-state index in [1.54, 1.807) is 6.92 Å². The van der Waals surface area contributed by atoms with E-state index in [1.165, 1.54) is 0 Å². The second-order valence-corrected chi connectivity index (χ2v) is 2.36. The quantitative estimate of drug-likeness (QED) is 0.363. The van der Waals surface area contributed by atoms with Gasteiger partial charge in [-0.05, 0) is 12.1 Å². The summed E-state index contributed by atoms with van der Waals surface area (Å²) < 4.78 is 9.43. The summed E-state index contributed by atoms with van der Waals surface area (Å²) in [5, 5.41) is 11.5. The molecule has 0 rings (SSSR count). The molecule has 14 heavy (non-hydrogen) atoms. The highest BCUT2D eigenvalue weighted by Crippen LogP contribution is 1.89. The lowest BCUT2D eigenvalue weighted by Crippen LogP contribution is -2.23. The second kappa shape index (κ2) is 8.33. The second-order valence-electron chi connectivity index (χ2n) is 2.36. The molecule has 0 bridgehead atoms. The Morgan fingerprint density at radius 1 is 1.57 bits per heavy atom. The molecule has 0 saturated carbocycles. The minimum atomic E-state index is -0.850. The predicted octanol–water partition coefficient (Wildman–Crippen LogP) is 0.207. The Hall–Kier alpha value is -1.27. The van der Waals surface area contributed by atoms with Gasteiger partial charge < -0.3 is 14.6 Å². The Balaban J connectivity index is 3.55. The van der Waals surface area contributed by atoms with E-state index >= 15 is 0 Å². The number of hydrogen-bond acceptors (Lipinski definition) is 6. The zero-order valence-corrected chi connectivity index (χ0v) is 7.88. The molecule has 0 aromatic heterocycles. The standard InChI is InChI=1S/C8H13NO5/c1-2-13-5-7(10)6-14-8(11)3-4-9-12/h3-4,7,10H,2,5-6H2,1H3/b4-3+. The number of rotatable bonds is 7. The molecular weight excluding hydrogens is 190 g/mol. The highest BCUT2D eigenvalue weighted by atomic mass is 16.5. The number of esters is 1. The third-order valence-electron chi connectivity index (χ3n) is 1.20. The monoisotopic (exact) mass is 203 g/mol. The third kappa shape index (κ3) is 7.38. The lowest BCUT2D eigenvalue weighted by Gasteiger charge is -2.09. The van der Waals surface area contributed by atoms with Gasteiger partial charge in [-0.25, -0.2) is 4.79 Å². The van der Waals surface area contributed by atoms with Crippen LogP contribution in [0.3, 0.4) is 0 Å². The first kappa shape index (κ1) is 12.7. The zero-order valence-electron chi connectivity index (χ0n) is 7.88. The molecule has 0 aromatic carbocycles. The van der Waals surface area contributed by atoms with Crippen LogP contribution >= 0.6 is 0 Å². The molecule has 0 saturated heterocycles. The molecule has 80 valence electrons. The van der Waals surface area contributed by atoms with Crippen molar-refractivity contribution in [1.29, 1.82) is 0 Å². The van der Waals surface area contributed by atoms with E-state index < -0.39 is 12.1 Å². The molecule has 1 atom stereocenters. The first-order chi connectivity index (χ1) is 6.70. The van der Waals surface area contributed by atoms with Gasteiger partial charge in [0, 0.05) is 12.7 Å². The fourth-order valence-electron chi connectivity index (χ4n) is 0.620. The van der Waals surface area contributed by atoms with Crippen LogP contribution in [-0.4, -0.2) is 37.0 Å². The van der Waals surface area contributed by atoms with Gasteiger partial charge in [0.1, 0.15) is 12.7 Å². The van der Waals surface area contributed by atoms with Crippen LogP contribution < -0.4 is 0 Å². The molecule has 0 spiro atoms. The fraction of sp³-hybridized carbons (Fsp3) is 0.625. The normalized spacial score (nSPS) is 12.7. The number of carbonyl (C=O) groups is 1. The molecule has 6 nitrogen and oxygen atoms in total. The number of nitrogens with zero attached hydrogens (tertiary/aromatic N) is 1. The SMILES string of the molecule is CCOCC(O)COC(=O)/C=C/N=O. The van der Waals surface area contributed by atoms with Crippen LogP contribution in [-0.2, 0) is 14.3 Å². The van der Waals surface area contributed by atoms with E-state index in [9.17, 15) is 9.70 Å². The molecule has 1 N–H and O–H groups in total. The van der Waals surface area contributed by atoms with Crippen LogP contribution in [0.5, 0.6) is 0 Å². The van der Waals surface area contributed by atoms with Gasteiger partial charge in [0.2, 0.25) is 0 Å². The lowest BCUT2D eigenvalue weighted by molar-refractivity contribution is -0.141. The van der Waals surface area contributed by atoms with Crippen LogP contribution in [0.25, 0.3) is 0 Å². The predicted molar refractivity (Wildman–Crippen MR) is 48.4 cm³/mol. The average molecular weight is 203 g/mol. The summed E-state index contributed by atoms with van der Waals surface area (Å²) in [5.41, 5.74) is 0. The molecule has 0 heterocycles. The summed E-state index contributed by atoms with van der Waals surface area (Å²) >= 11 is 0. The first-order valence-corrected chi connectivity index (χ1v) is 4.12. The Morgan fingerprint density at radius 2 is 2.29 bits per heavy atom. The maximum atomic E-state index is 10.7. The zero-order chi connectivity index (χ0) is 10.8.